The van der Waals surface area contributed by atoms with Gasteiger partial charge in [0.1, 0.15) is 11.6 Å². The van der Waals surface area contributed by atoms with E-state index in [-0.39, 0.29) is 17.3 Å². The summed E-state index contributed by atoms with van der Waals surface area (Å²) >= 11 is 0. The van der Waals surface area contributed by atoms with Crippen molar-refractivity contribution in [1.82, 2.24) is 0 Å². The second kappa shape index (κ2) is 5.23. The Labute approximate surface area is 119 Å². The number of hydrogen-bond acceptors (Lipinski definition) is 3. The van der Waals surface area contributed by atoms with Gasteiger partial charge in [0.2, 0.25) is 0 Å². The van der Waals surface area contributed by atoms with Crippen molar-refractivity contribution in [2.24, 2.45) is 16.5 Å². The van der Waals surface area contributed by atoms with E-state index < -0.39 is 0 Å². The van der Waals surface area contributed by atoms with Gasteiger partial charge in [0.05, 0.1) is 0 Å². The molecule has 1 atom stereocenters. The van der Waals surface area contributed by atoms with Crippen LogP contribution in [0.1, 0.15) is 37.7 Å². The number of carbonyl (C=O) groups is 1. The van der Waals surface area contributed by atoms with Gasteiger partial charge in [-0.15, -0.1) is 6.58 Å². The quantitative estimate of drug-likeness (QED) is 0.617. The summed E-state index contributed by atoms with van der Waals surface area (Å²) in [4.78, 5) is 17.3. The lowest BCUT2D eigenvalue weighted by Gasteiger charge is -2.32. The molecule has 104 valence electrons. The Kier molecular flexibility index (Phi) is 3.43. The maximum Gasteiger partial charge on any atom is 0.344 e. The van der Waals surface area contributed by atoms with Gasteiger partial charge in [0, 0.05) is 5.56 Å². The third-order valence-corrected chi connectivity index (χ3v) is 4.58. The van der Waals surface area contributed by atoms with E-state index in [1.807, 2.05) is 36.4 Å². The summed E-state index contributed by atoms with van der Waals surface area (Å²) in [7, 11) is 0. The van der Waals surface area contributed by atoms with E-state index >= 15 is 0 Å². The third kappa shape index (κ3) is 2.07. The lowest BCUT2D eigenvalue weighted by Crippen LogP contribution is -2.37. The lowest BCUT2D eigenvalue weighted by atomic mass is 9.68. The number of allylic oxidation sites excluding steroid dienone is 1. The Morgan fingerprint density at radius 1 is 1.30 bits per heavy atom. The van der Waals surface area contributed by atoms with Crippen LogP contribution in [0.3, 0.4) is 0 Å². The first-order valence-corrected chi connectivity index (χ1v) is 7.22. The van der Waals surface area contributed by atoms with Crippen molar-refractivity contribution < 1.29 is 9.63 Å². The fourth-order valence-electron chi connectivity index (χ4n) is 3.66. The number of carbonyl (C=O) groups excluding carboxylic acids is 1. The molecule has 1 aliphatic heterocycles. The highest BCUT2D eigenvalue weighted by Crippen LogP contribution is 2.50. The van der Waals surface area contributed by atoms with Crippen LogP contribution in [0.2, 0.25) is 0 Å². The lowest BCUT2D eigenvalue weighted by molar-refractivity contribution is -0.146. The minimum absolute atomic E-state index is 0.0516. The van der Waals surface area contributed by atoms with Crippen LogP contribution in [-0.4, -0.2) is 11.7 Å². The standard InChI is InChI=1S/C17H19NO2/c1-2-10-17(11-6-7-12-17)14-15(18-20-16(14)19)13-8-4-3-5-9-13/h2-5,8-9,14H,1,6-7,10-12H2. The summed E-state index contributed by atoms with van der Waals surface area (Å²) in [5.41, 5.74) is 1.72. The first kappa shape index (κ1) is 13.1. The van der Waals surface area contributed by atoms with E-state index in [0.29, 0.717) is 0 Å². The predicted octanol–water partition coefficient (Wildman–Crippen LogP) is 3.70. The summed E-state index contributed by atoms with van der Waals surface area (Å²) in [5.74, 6) is -0.446. The summed E-state index contributed by atoms with van der Waals surface area (Å²) in [6.45, 7) is 3.87. The van der Waals surface area contributed by atoms with Crippen LogP contribution < -0.4 is 0 Å². The molecule has 1 saturated carbocycles. The largest absolute Gasteiger partial charge is 0.344 e. The van der Waals surface area contributed by atoms with Crippen LogP contribution >= 0.6 is 0 Å². The summed E-state index contributed by atoms with van der Waals surface area (Å²) in [6.07, 6.45) is 7.20. The van der Waals surface area contributed by atoms with E-state index in [0.717, 1.165) is 30.5 Å². The number of rotatable bonds is 4. The maximum absolute atomic E-state index is 12.3. The van der Waals surface area contributed by atoms with Crippen molar-refractivity contribution in [3.05, 3.63) is 48.6 Å². The van der Waals surface area contributed by atoms with E-state index in [1.54, 1.807) is 0 Å². The van der Waals surface area contributed by atoms with Crippen molar-refractivity contribution in [1.29, 1.82) is 0 Å². The van der Waals surface area contributed by atoms with Gasteiger partial charge in [-0.1, -0.05) is 54.4 Å². The van der Waals surface area contributed by atoms with Gasteiger partial charge in [0.25, 0.3) is 0 Å². The van der Waals surface area contributed by atoms with Gasteiger partial charge in [-0.05, 0) is 24.7 Å². The molecule has 0 spiro atoms. The maximum atomic E-state index is 12.3. The summed E-state index contributed by atoms with van der Waals surface area (Å²) in [6, 6.07) is 9.87. The molecule has 0 radical (unpaired) electrons. The van der Waals surface area contributed by atoms with Gasteiger partial charge in [-0.25, -0.2) is 4.79 Å². The Hall–Kier alpha value is -1.90. The van der Waals surface area contributed by atoms with Crippen LogP contribution in [0.25, 0.3) is 0 Å². The normalized spacial score (nSPS) is 24.3. The van der Waals surface area contributed by atoms with Gasteiger partial charge in [0.15, 0.2) is 0 Å². The molecule has 0 N–H and O–H groups in total. The van der Waals surface area contributed by atoms with Crippen LogP contribution in [0.5, 0.6) is 0 Å². The Morgan fingerprint density at radius 3 is 2.65 bits per heavy atom. The molecule has 20 heavy (non-hydrogen) atoms. The van der Waals surface area contributed by atoms with Crippen LogP contribution in [0.4, 0.5) is 0 Å². The fourth-order valence-corrected chi connectivity index (χ4v) is 3.66. The molecule has 1 aromatic carbocycles. The first-order valence-electron chi connectivity index (χ1n) is 7.22. The van der Waals surface area contributed by atoms with Gasteiger partial charge >= 0.3 is 5.97 Å². The van der Waals surface area contributed by atoms with Crippen molar-refractivity contribution in [2.45, 2.75) is 32.1 Å². The van der Waals surface area contributed by atoms with E-state index in [2.05, 4.69) is 11.7 Å². The van der Waals surface area contributed by atoms with Gasteiger partial charge < -0.3 is 4.84 Å². The Morgan fingerprint density at radius 2 is 2.00 bits per heavy atom. The zero-order valence-electron chi connectivity index (χ0n) is 11.5. The Bertz CT molecular complexity index is 541. The zero-order valence-corrected chi connectivity index (χ0v) is 11.5. The van der Waals surface area contributed by atoms with Crippen molar-refractivity contribution in [2.75, 3.05) is 0 Å². The summed E-state index contributed by atoms with van der Waals surface area (Å²) in [5, 5.41) is 4.07. The minimum atomic E-state index is -0.245. The predicted molar refractivity (Wildman–Crippen MR) is 78.3 cm³/mol. The second-order valence-electron chi connectivity index (χ2n) is 5.75. The monoisotopic (exact) mass is 269 g/mol. The molecule has 0 aromatic heterocycles. The minimum Gasteiger partial charge on any atom is -0.317 e. The van der Waals surface area contributed by atoms with Crippen LogP contribution in [-0.2, 0) is 9.63 Å². The molecule has 1 unspecified atom stereocenters. The molecule has 3 heteroatoms. The van der Waals surface area contributed by atoms with Gasteiger partial charge in [-0.2, -0.15) is 0 Å². The number of benzene rings is 1. The molecule has 3 rings (SSSR count). The average Bonchev–Trinajstić information content (AvgIpc) is 3.08. The molecular formula is C17H19NO2. The third-order valence-electron chi connectivity index (χ3n) is 4.58. The number of hydrogen-bond donors (Lipinski definition) is 0. The van der Waals surface area contributed by atoms with Crippen molar-refractivity contribution in [3.63, 3.8) is 0 Å². The molecule has 1 aliphatic carbocycles. The zero-order chi connectivity index (χ0) is 14.0. The molecule has 0 saturated heterocycles. The topological polar surface area (TPSA) is 38.7 Å². The summed E-state index contributed by atoms with van der Waals surface area (Å²) < 4.78 is 0. The molecule has 1 aromatic rings. The molecule has 1 fully saturated rings. The number of nitrogens with zero attached hydrogens (tertiary/aromatic N) is 1. The van der Waals surface area contributed by atoms with E-state index in [9.17, 15) is 4.79 Å². The molecule has 1 heterocycles. The van der Waals surface area contributed by atoms with E-state index in [4.69, 9.17) is 4.84 Å². The first-order chi connectivity index (χ1) is 9.77. The van der Waals surface area contributed by atoms with Crippen LogP contribution in [0.15, 0.2) is 48.1 Å². The van der Waals surface area contributed by atoms with Crippen LogP contribution in [0, 0.1) is 11.3 Å². The second-order valence-corrected chi connectivity index (χ2v) is 5.75. The highest BCUT2D eigenvalue weighted by atomic mass is 16.7. The Balaban J connectivity index is 1.99. The fraction of sp³-hybridized carbons (Fsp3) is 0.412. The van der Waals surface area contributed by atoms with E-state index in [1.165, 1.54) is 12.8 Å². The smallest absolute Gasteiger partial charge is 0.317 e. The van der Waals surface area contributed by atoms with Crippen molar-refractivity contribution >= 4 is 11.7 Å². The van der Waals surface area contributed by atoms with Gasteiger partial charge in [-0.3, -0.25) is 0 Å². The SMILES string of the molecule is C=CCC1(C2C(=O)ON=C2c2ccccc2)CCCC1. The average molecular weight is 269 g/mol. The molecule has 0 bridgehead atoms. The molecule has 3 nitrogen and oxygen atoms in total. The molecule has 0 amide bonds. The molecular weight excluding hydrogens is 250 g/mol. The highest BCUT2D eigenvalue weighted by Gasteiger charge is 2.50. The molecule has 2 aliphatic rings. The van der Waals surface area contributed by atoms with Crippen molar-refractivity contribution in [3.8, 4) is 0 Å². The number of oxime groups is 1. The highest BCUT2D eigenvalue weighted by molar-refractivity contribution is 6.14.